The van der Waals surface area contributed by atoms with Gasteiger partial charge in [-0.2, -0.15) is 0 Å². The summed E-state index contributed by atoms with van der Waals surface area (Å²) < 4.78 is 27.5. The maximum Gasteiger partial charge on any atom is 0.263 e. The van der Waals surface area contributed by atoms with E-state index < -0.39 is 10.0 Å². The fourth-order valence-electron chi connectivity index (χ4n) is 2.08. The maximum absolute atomic E-state index is 12.5. The van der Waals surface area contributed by atoms with Crippen molar-refractivity contribution in [1.29, 1.82) is 0 Å². The zero-order valence-electron chi connectivity index (χ0n) is 10.9. The summed E-state index contributed by atoms with van der Waals surface area (Å²) in [6.07, 6.45) is 1.66. The average molecular weight is 320 g/mol. The summed E-state index contributed by atoms with van der Waals surface area (Å²) in [5.41, 5.74) is 1.18. The molecule has 3 aromatic rings. The first-order valence-electron chi connectivity index (χ1n) is 6.15. The topological polar surface area (TPSA) is 79.3 Å². The van der Waals surface area contributed by atoms with E-state index in [1.54, 1.807) is 35.8 Å². The van der Waals surface area contributed by atoms with E-state index in [4.69, 9.17) is 0 Å². The van der Waals surface area contributed by atoms with Gasteiger partial charge in [-0.1, -0.05) is 6.07 Å². The van der Waals surface area contributed by atoms with Gasteiger partial charge in [0.05, 0.1) is 22.7 Å². The molecular formula is C14H12N2O3S2. The second-order valence-corrected chi connectivity index (χ2v) is 7.00. The van der Waals surface area contributed by atoms with Gasteiger partial charge in [0, 0.05) is 11.6 Å². The molecular weight excluding hydrogens is 308 g/mol. The zero-order chi connectivity index (χ0) is 14.9. The molecule has 108 valence electrons. The molecule has 7 heteroatoms. The molecule has 0 fully saturated rings. The number of thiophene rings is 1. The lowest BCUT2D eigenvalue weighted by Gasteiger charge is -2.10. The summed E-state index contributed by atoms with van der Waals surface area (Å²) in [6, 6.07) is 10.3. The van der Waals surface area contributed by atoms with Gasteiger partial charge in [-0.15, -0.1) is 11.3 Å². The fourth-order valence-corrected chi connectivity index (χ4v) is 4.45. The van der Waals surface area contributed by atoms with Gasteiger partial charge >= 0.3 is 0 Å². The summed E-state index contributed by atoms with van der Waals surface area (Å²) in [4.78, 5) is 4.72. The lowest BCUT2D eigenvalue weighted by atomic mass is 10.2. The van der Waals surface area contributed by atoms with Crippen LogP contribution in [0.4, 0.5) is 5.69 Å². The van der Waals surface area contributed by atoms with E-state index in [0.717, 1.165) is 5.39 Å². The molecule has 2 N–H and O–H groups in total. The number of fused-ring (bicyclic) bond motifs is 1. The van der Waals surface area contributed by atoms with Crippen LogP contribution < -0.4 is 4.72 Å². The lowest BCUT2D eigenvalue weighted by molar-refractivity contribution is 0.282. The van der Waals surface area contributed by atoms with Gasteiger partial charge in [0.1, 0.15) is 4.90 Å². The Balaban J connectivity index is 2.06. The molecule has 5 nitrogen and oxygen atoms in total. The fraction of sp³-hybridized carbons (Fsp3) is 0.0714. The number of rotatable bonds is 4. The molecule has 0 amide bonds. The van der Waals surface area contributed by atoms with Crippen LogP contribution in [0.5, 0.6) is 0 Å². The number of pyridine rings is 1. The highest BCUT2D eigenvalue weighted by atomic mass is 32.2. The van der Waals surface area contributed by atoms with E-state index in [0.29, 0.717) is 16.1 Å². The smallest absolute Gasteiger partial charge is 0.263 e. The number of hydrogen-bond acceptors (Lipinski definition) is 5. The molecule has 0 radical (unpaired) electrons. The molecule has 0 saturated carbocycles. The van der Waals surface area contributed by atoms with Crippen LogP contribution in [0, 0.1) is 0 Å². The zero-order valence-corrected chi connectivity index (χ0v) is 12.5. The van der Waals surface area contributed by atoms with E-state index in [9.17, 15) is 13.5 Å². The number of hydrogen-bond donors (Lipinski definition) is 2. The first kappa shape index (κ1) is 14.0. The van der Waals surface area contributed by atoms with Crippen molar-refractivity contribution in [2.24, 2.45) is 0 Å². The molecule has 3 rings (SSSR count). The van der Waals surface area contributed by atoms with Crippen LogP contribution in [0.25, 0.3) is 10.9 Å². The van der Waals surface area contributed by atoms with Gasteiger partial charge in [-0.25, -0.2) is 8.42 Å². The third-order valence-electron chi connectivity index (χ3n) is 3.03. The first-order valence-corrected chi connectivity index (χ1v) is 8.52. The molecule has 0 bridgehead atoms. The highest BCUT2D eigenvalue weighted by Gasteiger charge is 2.20. The van der Waals surface area contributed by atoms with Gasteiger partial charge in [0.2, 0.25) is 0 Å². The number of aliphatic hydroxyl groups is 1. The molecule has 0 spiro atoms. The van der Waals surface area contributed by atoms with Crippen LogP contribution in [0.2, 0.25) is 0 Å². The third kappa shape index (κ3) is 2.63. The minimum Gasteiger partial charge on any atom is -0.391 e. The summed E-state index contributed by atoms with van der Waals surface area (Å²) >= 11 is 1.21. The van der Waals surface area contributed by atoms with Crippen LogP contribution in [0.15, 0.2) is 52.9 Å². The molecule has 0 aliphatic heterocycles. The summed E-state index contributed by atoms with van der Waals surface area (Å²) in [5, 5.41) is 11.6. The van der Waals surface area contributed by atoms with Crippen molar-refractivity contribution in [3.8, 4) is 0 Å². The van der Waals surface area contributed by atoms with Crippen molar-refractivity contribution in [3.05, 3.63) is 52.9 Å². The standard InChI is InChI=1S/C14H12N2O3S2/c17-9-13-14(6-8-20-13)21(18,19)16-12-5-1-4-11-10(12)3-2-7-15-11/h1-8,16-17H,9H2. The van der Waals surface area contributed by atoms with Gasteiger partial charge in [-0.3, -0.25) is 9.71 Å². The molecule has 0 aliphatic rings. The van der Waals surface area contributed by atoms with Crippen molar-refractivity contribution >= 4 is 38.0 Å². The Kier molecular flexibility index (Phi) is 3.62. The minimum absolute atomic E-state index is 0.107. The molecule has 0 unspecified atom stereocenters. The van der Waals surface area contributed by atoms with Crippen LogP contribution >= 0.6 is 11.3 Å². The minimum atomic E-state index is -3.73. The molecule has 21 heavy (non-hydrogen) atoms. The van der Waals surface area contributed by atoms with Gasteiger partial charge in [-0.05, 0) is 35.7 Å². The van der Waals surface area contributed by atoms with Crippen LogP contribution in [0.3, 0.4) is 0 Å². The Morgan fingerprint density at radius 3 is 2.86 bits per heavy atom. The predicted molar refractivity (Wildman–Crippen MR) is 82.8 cm³/mol. The number of aromatic nitrogens is 1. The van der Waals surface area contributed by atoms with E-state index in [2.05, 4.69) is 9.71 Å². The molecule has 0 saturated heterocycles. The Hall–Kier alpha value is -1.96. The molecule has 0 aliphatic carbocycles. The van der Waals surface area contributed by atoms with Crippen molar-refractivity contribution in [3.63, 3.8) is 0 Å². The normalized spacial score (nSPS) is 11.7. The summed E-state index contributed by atoms with van der Waals surface area (Å²) in [7, 11) is -3.73. The monoisotopic (exact) mass is 320 g/mol. The number of nitrogens with one attached hydrogen (secondary N) is 1. The van der Waals surface area contributed by atoms with Crippen molar-refractivity contribution < 1.29 is 13.5 Å². The number of anilines is 1. The summed E-state index contributed by atoms with van der Waals surface area (Å²) in [6.45, 7) is -0.301. The summed E-state index contributed by atoms with van der Waals surface area (Å²) in [5.74, 6) is 0. The second-order valence-electron chi connectivity index (χ2n) is 4.35. The number of nitrogens with zero attached hydrogens (tertiary/aromatic N) is 1. The van der Waals surface area contributed by atoms with Gasteiger partial charge < -0.3 is 5.11 Å². The number of benzene rings is 1. The average Bonchev–Trinajstić information content (AvgIpc) is 2.97. The van der Waals surface area contributed by atoms with Crippen molar-refractivity contribution in [2.75, 3.05) is 4.72 Å². The Morgan fingerprint density at radius 1 is 1.19 bits per heavy atom. The Morgan fingerprint density at radius 2 is 2.05 bits per heavy atom. The molecule has 2 aromatic heterocycles. The van der Waals surface area contributed by atoms with Crippen molar-refractivity contribution in [1.82, 2.24) is 4.98 Å². The third-order valence-corrected chi connectivity index (χ3v) is 5.51. The quantitative estimate of drug-likeness (QED) is 0.774. The second kappa shape index (κ2) is 5.44. The maximum atomic E-state index is 12.5. The molecule has 2 heterocycles. The van der Waals surface area contributed by atoms with Crippen LogP contribution in [-0.4, -0.2) is 18.5 Å². The molecule has 0 atom stereocenters. The van der Waals surface area contributed by atoms with Crippen LogP contribution in [-0.2, 0) is 16.6 Å². The lowest BCUT2D eigenvalue weighted by Crippen LogP contribution is -2.14. The SMILES string of the molecule is O=S(=O)(Nc1cccc2ncccc12)c1ccsc1CO. The number of aliphatic hydroxyl groups excluding tert-OH is 1. The Labute approximate surface area is 125 Å². The van der Waals surface area contributed by atoms with Gasteiger partial charge in [0.25, 0.3) is 10.0 Å². The van der Waals surface area contributed by atoms with E-state index in [1.165, 1.54) is 17.4 Å². The first-order chi connectivity index (χ1) is 10.1. The van der Waals surface area contributed by atoms with Crippen LogP contribution in [0.1, 0.15) is 4.88 Å². The predicted octanol–water partition coefficient (Wildman–Crippen LogP) is 2.59. The van der Waals surface area contributed by atoms with E-state index >= 15 is 0 Å². The number of sulfonamides is 1. The highest BCUT2D eigenvalue weighted by Crippen LogP contribution is 2.27. The Bertz CT molecular complexity index is 883. The van der Waals surface area contributed by atoms with Crippen molar-refractivity contribution in [2.45, 2.75) is 11.5 Å². The molecule has 1 aromatic carbocycles. The highest BCUT2D eigenvalue weighted by molar-refractivity contribution is 7.93. The van der Waals surface area contributed by atoms with E-state index in [-0.39, 0.29) is 11.5 Å². The largest absolute Gasteiger partial charge is 0.391 e. The van der Waals surface area contributed by atoms with Gasteiger partial charge in [0.15, 0.2) is 0 Å². The van der Waals surface area contributed by atoms with E-state index in [1.807, 2.05) is 6.07 Å².